The third-order valence-corrected chi connectivity index (χ3v) is 4.91. The van der Waals surface area contributed by atoms with E-state index in [-0.39, 0.29) is 11.6 Å². The molecule has 4 aromatic rings. The number of hydrogen-bond donors (Lipinski definition) is 0. The second kappa shape index (κ2) is 7.67. The molecule has 4 nitrogen and oxygen atoms in total. The second-order valence-corrected chi connectivity index (χ2v) is 6.71. The monoisotopic (exact) mass is 380 g/mol. The van der Waals surface area contributed by atoms with Gasteiger partial charge in [0.15, 0.2) is 11.0 Å². The summed E-state index contributed by atoms with van der Waals surface area (Å²) < 4.78 is 28.6. The van der Waals surface area contributed by atoms with E-state index in [9.17, 15) is 8.78 Å². The van der Waals surface area contributed by atoms with Crippen LogP contribution in [0.1, 0.15) is 5.56 Å². The Morgan fingerprint density at radius 3 is 2.37 bits per heavy atom. The van der Waals surface area contributed by atoms with Gasteiger partial charge in [-0.2, -0.15) is 0 Å². The maximum atomic E-state index is 13.4. The lowest BCUT2D eigenvalue weighted by atomic mass is 10.2. The molecule has 0 aliphatic carbocycles. The zero-order valence-electron chi connectivity index (χ0n) is 14.1. The first kappa shape index (κ1) is 17.4. The molecular formula is C20H14F2N4S. The molecule has 2 aromatic carbocycles. The fraction of sp³-hybridized carbons (Fsp3) is 0.0500. The fourth-order valence-corrected chi connectivity index (χ4v) is 3.54. The Bertz CT molecular complexity index is 1050. The van der Waals surface area contributed by atoms with Gasteiger partial charge in [-0.3, -0.25) is 9.55 Å². The van der Waals surface area contributed by atoms with Crippen LogP contribution in [0.2, 0.25) is 0 Å². The summed E-state index contributed by atoms with van der Waals surface area (Å²) in [5.41, 5.74) is 2.44. The predicted molar refractivity (Wildman–Crippen MR) is 101 cm³/mol. The Morgan fingerprint density at radius 2 is 1.63 bits per heavy atom. The van der Waals surface area contributed by atoms with Crippen molar-refractivity contribution < 1.29 is 8.78 Å². The van der Waals surface area contributed by atoms with E-state index in [1.807, 2.05) is 22.8 Å². The molecule has 4 rings (SSSR count). The number of nitrogens with zero attached hydrogens (tertiary/aromatic N) is 4. The summed E-state index contributed by atoms with van der Waals surface area (Å²) in [5.74, 6) is 0.579. The molecule has 0 aliphatic rings. The Kier molecular flexibility index (Phi) is 4.93. The summed E-state index contributed by atoms with van der Waals surface area (Å²) in [4.78, 5) is 4.03. The van der Waals surface area contributed by atoms with Gasteiger partial charge >= 0.3 is 0 Å². The molecule has 0 saturated carbocycles. The van der Waals surface area contributed by atoms with Crippen LogP contribution in [0.4, 0.5) is 8.78 Å². The number of pyridine rings is 1. The minimum absolute atomic E-state index is 0.273. The first-order valence-electron chi connectivity index (χ1n) is 8.20. The molecule has 0 unspecified atom stereocenters. The van der Waals surface area contributed by atoms with Crippen molar-refractivity contribution in [3.8, 4) is 17.1 Å². The molecule has 0 fully saturated rings. The maximum absolute atomic E-state index is 13.4. The molecule has 0 aliphatic heterocycles. The maximum Gasteiger partial charge on any atom is 0.196 e. The highest BCUT2D eigenvalue weighted by molar-refractivity contribution is 7.98. The molecule has 0 saturated heterocycles. The Morgan fingerprint density at radius 1 is 0.852 bits per heavy atom. The number of rotatable bonds is 5. The highest BCUT2D eigenvalue weighted by Crippen LogP contribution is 2.29. The van der Waals surface area contributed by atoms with Gasteiger partial charge in [-0.15, -0.1) is 10.2 Å². The smallest absolute Gasteiger partial charge is 0.196 e. The van der Waals surface area contributed by atoms with Crippen LogP contribution in [0.5, 0.6) is 0 Å². The third-order valence-electron chi connectivity index (χ3n) is 3.91. The summed E-state index contributed by atoms with van der Waals surface area (Å²) in [5, 5.41) is 9.25. The van der Waals surface area contributed by atoms with Gasteiger partial charge in [0.05, 0.1) is 0 Å². The van der Waals surface area contributed by atoms with Crippen LogP contribution in [0.25, 0.3) is 17.1 Å². The standard InChI is InChI=1S/C20H14F2N4S/c21-16-4-6-18(7-5-16)26-19(15-8-10-23-11-9-15)24-25-20(26)27-13-14-2-1-3-17(22)12-14/h1-12H,13H2. The minimum Gasteiger partial charge on any atom is -0.270 e. The van der Waals surface area contributed by atoms with Gasteiger partial charge in [0, 0.05) is 29.4 Å². The van der Waals surface area contributed by atoms with Gasteiger partial charge in [0.1, 0.15) is 11.6 Å². The van der Waals surface area contributed by atoms with Gasteiger partial charge in [-0.05, 0) is 54.1 Å². The van der Waals surface area contributed by atoms with Crippen LogP contribution in [0, 0.1) is 11.6 Å². The van der Waals surface area contributed by atoms with Crippen LogP contribution in [-0.4, -0.2) is 19.7 Å². The summed E-state index contributed by atoms with van der Waals surface area (Å²) in [7, 11) is 0. The number of thioether (sulfide) groups is 1. The third kappa shape index (κ3) is 3.88. The minimum atomic E-state index is -0.314. The summed E-state index contributed by atoms with van der Waals surface area (Å²) in [6.07, 6.45) is 3.36. The molecule has 2 heterocycles. The van der Waals surface area contributed by atoms with Crippen molar-refractivity contribution in [3.05, 3.63) is 90.3 Å². The van der Waals surface area contributed by atoms with Crippen LogP contribution in [0.3, 0.4) is 0 Å². The summed E-state index contributed by atoms with van der Waals surface area (Å²) in [6.45, 7) is 0. The van der Waals surface area contributed by atoms with Crippen LogP contribution >= 0.6 is 11.8 Å². The van der Waals surface area contributed by atoms with E-state index in [1.165, 1.54) is 36.0 Å². The molecule has 0 radical (unpaired) electrons. The predicted octanol–water partition coefficient (Wildman–Crippen LogP) is 4.90. The highest BCUT2D eigenvalue weighted by atomic mass is 32.2. The highest BCUT2D eigenvalue weighted by Gasteiger charge is 2.16. The number of hydrogen-bond acceptors (Lipinski definition) is 4. The molecule has 0 amide bonds. The summed E-state index contributed by atoms with van der Waals surface area (Å²) in [6, 6.07) is 16.3. The zero-order chi connectivity index (χ0) is 18.6. The van der Waals surface area contributed by atoms with Gasteiger partial charge in [0.25, 0.3) is 0 Å². The van der Waals surface area contributed by atoms with Crippen molar-refractivity contribution in [2.75, 3.05) is 0 Å². The van der Waals surface area contributed by atoms with Crippen LogP contribution < -0.4 is 0 Å². The first-order chi connectivity index (χ1) is 13.2. The lowest BCUT2D eigenvalue weighted by Gasteiger charge is -2.10. The van der Waals surface area contributed by atoms with Crippen molar-refractivity contribution >= 4 is 11.8 Å². The number of aromatic nitrogens is 4. The first-order valence-corrected chi connectivity index (χ1v) is 9.18. The lowest BCUT2D eigenvalue weighted by Crippen LogP contribution is -2.00. The van der Waals surface area contributed by atoms with Crippen molar-refractivity contribution in [2.45, 2.75) is 10.9 Å². The van der Waals surface area contributed by atoms with Crippen LogP contribution in [0.15, 0.2) is 78.2 Å². The largest absolute Gasteiger partial charge is 0.270 e. The molecular weight excluding hydrogens is 366 g/mol. The lowest BCUT2D eigenvalue weighted by molar-refractivity contribution is 0.626. The van der Waals surface area contributed by atoms with E-state index in [0.29, 0.717) is 16.7 Å². The van der Waals surface area contributed by atoms with Gasteiger partial charge in [0.2, 0.25) is 0 Å². The number of benzene rings is 2. The van der Waals surface area contributed by atoms with Gasteiger partial charge in [-0.25, -0.2) is 8.78 Å². The van der Waals surface area contributed by atoms with Gasteiger partial charge < -0.3 is 0 Å². The van der Waals surface area contributed by atoms with E-state index in [4.69, 9.17) is 0 Å². The van der Waals surface area contributed by atoms with Crippen molar-refractivity contribution in [1.29, 1.82) is 0 Å². The quantitative estimate of drug-likeness (QED) is 0.462. The Balaban J connectivity index is 1.73. The SMILES string of the molecule is Fc1ccc(-n2c(SCc3cccc(F)c3)nnc2-c2ccncc2)cc1. The summed E-state index contributed by atoms with van der Waals surface area (Å²) >= 11 is 1.44. The normalized spacial score (nSPS) is 10.9. The van der Waals surface area contributed by atoms with Crippen LogP contribution in [-0.2, 0) is 5.75 Å². The van der Waals surface area contributed by atoms with E-state index >= 15 is 0 Å². The molecule has 2 aromatic heterocycles. The molecule has 0 N–H and O–H groups in total. The average Bonchev–Trinajstić information content (AvgIpc) is 3.12. The second-order valence-electron chi connectivity index (χ2n) is 5.77. The molecule has 0 spiro atoms. The van der Waals surface area contributed by atoms with E-state index in [0.717, 1.165) is 16.8 Å². The molecule has 27 heavy (non-hydrogen) atoms. The average molecular weight is 380 g/mol. The van der Waals surface area contributed by atoms with E-state index < -0.39 is 0 Å². The van der Waals surface area contributed by atoms with Crippen molar-refractivity contribution in [1.82, 2.24) is 19.7 Å². The topological polar surface area (TPSA) is 43.6 Å². The molecule has 0 bridgehead atoms. The fourth-order valence-electron chi connectivity index (χ4n) is 2.65. The van der Waals surface area contributed by atoms with Crippen molar-refractivity contribution in [3.63, 3.8) is 0 Å². The Hall–Kier alpha value is -3.06. The number of halogens is 2. The van der Waals surface area contributed by atoms with Gasteiger partial charge in [-0.1, -0.05) is 23.9 Å². The van der Waals surface area contributed by atoms with E-state index in [1.54, 1.807) is 30.6 Å². The Labute approximate surface area is 158 Å². The van der Waals surface area contributed by atoms with E-state index in [2.05, 4.69) is 15.2 Å². The van der Waals surface area contributed by atoms with Crippen molar-refractivity contribution in [2.24, 2.45) is 0 Å². The zero-order valence-corrected chi connectivity index (χ0v) is 14.9. The molecule has 0 atom stereocenters. The molecule has 134 valence electrons. The molecule has 7 heteroatoms.